The van der Waals surface area contributed by atoms with Crippen molar-refractivity contribution >= 4 is 17.3 Å². The average molecular weight is 320 g/mol. The van der Waals surface area contributed by atoms with Gasteiger partial charge in [0.1, 0.15) is 11.6 Å². The van der Waals surface area contributed by atoms with Gasteiger partial charge >= 0.3 is 0 Å². The summed E-state index contributed by atoms with van der Waals surface area (Å²) < 4.78 is 26.2. The van der Waals surface area contributed by atoms with Gasteiger partial charge in [-0.2, -0.15) is 0 Å². The number of hydrogen-bond acceptors (Lipinski definition) is 1. The van der Waals surface area contributed by atoms with Crippen molar-refractivity contribution in [2.45, 2.75) is 12.8 Å². The minimum absolute atomic E-state index is 0.195. The van der Waals surface area contributed by atoms with Crippen LogP contribution in [0.3, 0.4) is 0 Å². The van der Waals surface area contributed by atoms with Crippen molar-refractivity contribution in [3.8, 4) is 0 Å². The number of nitrogens with one attached hydrogen (secondary N) is 2. The number of hydrogen-bond donors (Lipinski definition) is 2. The predicted molar refractivity (Wildman–Crippen MR) is 88.8 cm³/mol. The normalized spacial score (nSPS) is 10.3. The number of thiocarbonyl (C=S) groups is 1. The van der Waals surface area contributed by atoms with Gasteiger partial charge < -0.3 is 10.6 Å². The molecule has 0 atom stereocenters. The maximum Gasteiger partial charge on any atom is 0.166 e. The van der Waals surface area contributed by atoms with Crippen molar-refractivity contribution in [2.75, 3.05) is 13.1 Å². The molecule has 0 fully saturated rings. The van der Waals surface area contributed by atoms with Gasteiger partial charge in [-0.15, -0.1) is 0 Å². The summed E-state index contributed by atoms with van der Waals surface area (Å²) in [6.45, 7) is 1.24. The van der Waals surface area contributed by atoms with E-state index in [2.05, 4.69) is 10.6 Å². The molecule has 2 rings (SSSR count). The highest BCUT2D eigenvalue weighted by Crippen LogP contribution is 2.06. The summed E-state index contributed by atoms with van der Waals surface area (Å²) in [4.78, 5) is 0. The molecular weight excluding hydrogens is 302 g/mol. The lowest BCUT2D eigenvalue weighted by Gasteiger charge is -2.11. The van der Waals surface area contributed by atoms with Crippen molar-refractivity contribution in [2.24, 2.45) is 0 Å². The quantitative estimate of drug-likeness (QED) is 0.799. The molecule has 2 N–H and O–H groups in total. The fourth-order valence-corrected chi connectivity index (χ4v) is 2.25. The van der Waals surface area contributed by atoms with Crippen molar-refractivity contribution < 1.29 is 8.78 Å². The molecule has 22 heavy (non-hydrogen) atoms. The third kappa shape index (κ3) is 5.41. The Balaban J connectivity index is 1.64. The smallest absolute Gasteiger partial charge is 0.166 e. The molecule has 116 valence electrons. The first-order valence-corrected chi connectivity index (χ1v) is 7.55. The molecular formula is C17H18F2N2S. The first kappa shape index (κ1) is 16.4. The fraction of sp³-hybridized carbons (Fsp3) is 0.235. The minimum Gasteiger partial charge on any atom is -0.362 e. The van der Waals surface area contributed by atoms with E-state index in [9.17, 15) is 8.78 Å². The molecule has 0 saturated carbocycles. The van der Waals surface area contributed by atoms with E-state index in [1.165, 1.54) is 18.2 Å². The topological polar surface area (TPSA) is 24.1 Å². The van der Waals surface area contributed by atoms with E-state index in [-0.39, 0.29) is 11.6 Å². The van der Waals surface area contributed by atoms with Crippen molar-refractivity contribution in [3.05, 3.63) is 71.3 Å². The Morgan fingerprint density at radius 3 is 2.18 bits per heavy atom. The second-order valence-corrected chi connectivity index (χ2v) is 5.31. The van der Waals surface area contributed by atoms with Crippen LogP contribution in [0.4, 0.5) is 8.78 Å². The first-order valence-electron chi connectivity index (χ1n) is 7.15. The van der Waals surface area contributed by atoms with Crippen LogP contribution in [0.15, 0.2) is 48.5 Å². The van der Waals surface area contributed by atoms with Gasteiger partial charge in [-0.3, -0.25) is 0 Å². The maximum absolute atomic E-state index is 13.4. The molecule has 0 radical (unpaired) electrons. The van der Waals surface area contributed by atoms with Crippen molar-refractivity contribution in [3.63, 3.8) is 0 Å². The van der Waals surface area contributed by atoms with Crippen LogP contribution in [-0.4, -0.2) is 18.2 Å². The molecule has 0 heterocycles. The summed E-state index contributed by atoms with van der Waals surface area (Å²) in [5.41, 5.74) is 1.71. The van der Waals surface area contributed by atoms with Crippen LogP contribution in [0.2, 0.25) is 0 Å². The maximum atomic E-state index is 13.4. The van der Waals surface area contributed by atoms with E-state index in [1.54, 1.807) is 24.3 Å². The van der Waals surface area contributed by atoms with E-state index >= 15 is 0 Å². The summed E-state index contributed by atoms with van der Waals surface area (Å²) in [6, 6.07) is 13.1. The van der Waals surface area contributed by atoms with Crippen LogP contribution in [0, 0.1) is 11.6 Å². The first-order chi connectivity index (χ1) is 10.6. The second-order valence-electron chi connectivity index (χ2n) is 4.90. The van der Waals surface area contributed by atoms with Crippen LogP contribution in [0.5, 0.6) is 0 Å². The Hall–Kier alpha value is -2.01. The molecule has 0 aromatic heterocycles. The monoisotopic (exact) mass is 320 g/mol. The Kier molecular flexibility index (Phi) is 6.27. The lowest BCUT2D eigenvalue weighted by Crippen LogP contribution is -2.37. The Morgan fingerprint density at radius 2 is 1.50 bits per heavy atom. The predicted octanol–water partition coefficient (Wildman–Crippen LogP) is 3.21. The third-order valence-corrected chi connectivity index (χ3v) is 3.54. The molecule has 0 aliphatic rings. The highest BCUT2D eigenvalue weighted by Gasteiger charge is 2.01. The average Bonchev–Trinajstić information content (AvgIpc) is 2.51. The van der Waals surface area contributed by atoms with Crippen molar-refractivity contribution in [1.29, 1.82) is 0 Å². The lowest BCUT2D eigenvalue weighted by atomic mass is 10.1. The molecule has 2 aromatic carbocycles. The molecule has 0 aliphatic carbocycles. The van der Waals surface area contributed by atoms with Gasteiger partial charge in [-0.25, -0.2) is 8.78 Å². The molecule has 5 heteroatoms. The Morgan fingerprint density at radius 1 is 0.864 bits per heavy atom. The lowest BCUT2D eigenvalue weighted by molar-refractivity contribution is 0.607. The van der Waals surface area contributed by atoms with Crippen LogP contribution in [0.1, 0.15) is 11.1 Å². The molecule has 0 bridgehead atoms. The Bertz CT molecular complexity index is 614. The minimum atomic E-state index is -0.234. The van der Waals surface area contributed by atoms with E-state index in [4.69, 9.17) is 12.2 Å². The molecule has 0 aliphatic heterocycles. The van der Waals surface area contributed by atoms with E-state index in [0.29, 0.717) is 30.2 Å². The van der Waals surface area contributed by atoms with E-state index < -0.39 is 0 Å². The summed E-state index contributed by atoms with van der Waals surface area (Å²) in [7, 11) is 0. The highest BCUT2D eigenvalue weighted by atomic mass is 32.1. The number of benzene rings is 2. The highest BCUT2D eigenvalue weighted by molar-refractivity contribution is 7.80. The standard InChI is InChI=1S/C17H18F2N2S/c18-15-7-5-13(6-8-15)9-11-20-17(22)21-12-10-14-3-1-2-4-16(14)19/h1-8H,9-12H2,(H2,20,21,22). The molecule has 0 saturated heterocycles. The SMILES string of the molecule is Fc1ccc(CCNC(=S)NCCc2ccccc2F)cc1. The summed E-state index contributed by atoms with van der Waals surface area (Å²) >= 11 is 5.16. The molecule has 0 amide bonds. The molecule has 0 spiro atoms. The summed E-state index contributed by atoms with van der Waals surface area (Å²) in [5.74, 6) is -0.429. The second kappa shape index (κ2) is 8.44. The fourth-order valence-electron chi connectivity index (χ4n) is 2.05. The van der Waals surface area contributed by atoms with Gasteiger partial charge in [-0.1, -0.05) is 30.3 Å². The largest absolute Gasteiger partial charge is 0.362 e. The van der Waals surface area contributed by atoms with Gasteiger partial charge in [0.2, 0.25) is 0 Å². The zero-order valence-corrected chi connectivity index (χ0v) is 12.9. The van der Waals surface area contributed by atoms with Gasteiger partial charge in [0, 0.05) is 13.1 Å². The van der Waals surface area contributed by atoms with Crippen LogP contribution < -0.4 is 10.6 Å². The number of halogens is 2. The Labute approximate surface area is 134 Å². The molecule has 2 nitrogen and oxygen atoms in total. The van der Waals surface area contributed by atoms with Gasteiger partial charge in [-0.05, 0) is 54.4 Å². The number of rotatable bonds is 6. The summed E-state index contributed by atoms with van der Waals surface area (Å²) in [5, 5.41) is 6.67. The zero-order chi connectivity index (χ0) is 15.8. The van der Waals surface area contributed by atoms with Crippen LogP contribution in [0.25, 0.3) is 0 Å². The molecule has 2 aromatic rings. The van der Waals surface area contributed by atoms with Crippen LogP contribution >= 0.6 is 12.2 Å². The van der Waals surface area contributed by atoms with E-state index in [1.807, 2.05) is 6.07 Å². The van der Waals surface area contributed by atoms with Gasteiger partial charge in [0.05, 0.1) is 0 Å². The molecule has 0 unspecified atom stereocenters. The third-order valence-electron chi connectivity index (χ3n) is 3.25. The van der Waals surface area contributed by atoms with E-state index in [0.717, 1.165) is 12.0 Å². The zero-order valence-electron chi connectivity index (χ0n) is 12.1. The van der Waals surface area contributed by atoms with Crippen molar-refractivity contribution in [1.82, 2.24) is 10.6 Å². The van der Waals surface area contributed by atoms with Crippen LogP contribution in [-0.2, 0) is 12.8 Å². The summed E-state index contributed by atoms with van der Waals surface area (Å²) in [6.07, 6.45) is 1.34. The van der Waals surface area contributed by atoms with Gasteiger partial charge in [0.25, 0.3) is 0 Å². The van der Waals surface area contributed by atoms with Gasteiger partial charge in [0.15, 0.2) is 5.11 Å².